The predicted molar refractivity (Wildman–Crippen MR) is 135 cm³/mol. The SMILES string of the molecule is COc1cc2nc(N3CCN(C(=O)C=Cc4ccc(C(C)C)cc4)CC3)nc(N)c2cc1OC. The second kappa shape index (κ2) is 9.99. The predicted octanol–water partition coefficient (Wildman–Crippen LogP) is 3.71. The van der Waals surface area contributed by atoms with Crippen LogP contribution in [-0.4, -0.2) is 61.2 Å². The number of nitrogens with zero attached hydrogens (tertiary/aromatic N) is 4. The first kappa shape index (κ1) is 23.4. The second-order valence-corrected chi connectivity index (χ2v) is 8.60. The fourth-order valence-electron chi connectivity index (χ4n) is 4.00. The lowest BCUT2D eigenvalue weighted by molar-refractivity contribution is -0.126. The summed E-state index contributed by atoms with van der Waals surface area (Å²) in [6.07, 6.45) is 3.51. The molecular formula is C26H31N5O3. The Hall–Kier alpha value is -3.81. The van der Waals surface area contributed by atoms with Crippen LogP contribution in [0, 0.1) is 0 Å². The largest absolute Gasteiger partial charge is 0.493 e. The van der Waals surface area contributed by atoms with Crippen LogP contribution in [0.25, 0.3) is 17.0 Å². The van der Waals surface area contributed by atoms with Gasteiger partial charge in [-0.15, -0.1) is 0 Å². The van der Waals surface area contributed by atoms with E-state index in [-0.39, 0.29) is 5.91 Å². The number of carbonyl (C=O) groups excluding carboxylic acids is 1. The fraction of sp³-hybridized carbons (Fsp3) is 0.346. The maximum absolute atomic E-state index is 12.7. The van der Waals surface area contributed by atoms with Gasteiger partial charge in [-0.2, -0.15) is 4.98 Å². The number of nitrogens with two attached hydrogens (primary N) is 1. The highest BCUT2D eigenvalue weighted by Crippen LogP contribution is 2.34. The minimum Gasteiger partial charge on any atom is -0.493 e. The number of amides is 1. The summed E-state index contributed by atoms with van der Waals surface area (Å²) in [7, 11) is 3.16. The molecule has 34 heavy (non-hydrogen) atoms. The molecule has 0 radical (unpaired) electrons. The molecular weight excluding hydrogens is 430 g/mol. The van der Waals surface area contributed by atoms with Gasteiger partial charge in [0.05, 0.1) is 19.7 Å². The maximum atomic E-state index is 12.7. The molecule has 2 heterocycles. The highest BCUT2D eigenvalue weighted by Gasteiger charge is 2.22. The summed E-state index contributed by atoms with van der Waals surface area (Å²) >= 11 is 0. The number of fused-ring (bicyclic) bond motifs is 1. The molecule has 1 aromatic heterocycles. The zero-order chi connectivity index (χ0) is 24.2. The summed E-state index contributed by atoms with van der Waals surface area (Å²) in [5.41, 5.74) is 9.22. The van der Waals surface area contributed by atoms with E-state index in [4.69, 9.17) is 20.2 Å². The monoisotopic (exact) mass is 461 g/mol. The van der Waals surface area contributed by atoms with Crippen molar-refractivity contribution in [2.75, 3.05) is 51.0 Å². The van der Waals surface area contributed by atoms with Crippen LogP contribution in [0.4, 0.5) is 11.8 Å². The topological polar surface area (TPSA) is 93.8 Å². The van der Waals surface area contributed by atoms with Crippen molar-refractivity contribution < 1.29 is 14.3 Å². The minimum atomic E-state index is 0.00311. The van der Waals surface area contributed by atoms with Crippen LogP contribution in [0.2, 0.25) is 0 Å². The van der Waals surface area contributed by atoms with Gasteiger partial charge in [-0.1, -0.05) is 38.1 Å². The standard InChI is InChI=1S/C26H31N5O3/c1-17(2)19-8-5-18(6-9-19)7-10-24(32)30-11-13-31(14-12-30)26-28-21-16-23(34-4)22(33-3)15-20(21)25(27)29-26/h5-10,15-17H,11-14H2,1-4H3,(H2,27,28,29). The Kier molecular flexibility index (Phi) is 6.86. The van der Waals surface area contributed by atoms with E-state index in [1.165, 1.54) is 5.56 Å². The first-order chi connectivity index (χ1) is 16.4. The van der Waals surface area contributed by atoms with Gasteiger partial charge in [0, 0.05) is 43.7 Å². The van der Waals surface area contributed by atoms with Crippen molar-refractivity contribution in [1.82, 2.24) is 14.9 Å². The number of hydrogen-bond donors (Lipinski definition) is 1. The summed E-state index contributed by atoms with van der Waals surface area (Å²) in [5, 5.41) is 0.710. The number of nitrogen functional groups attached to an aromatic ring is 1. The molecule has 0 saturated carbocycles. The molecule has 0 atom stereocenters. The number of aromatic nitrogens is 2. The van der Waals surface area contributed by atoms with Gasteiger partial charge in [0.25, 0.3) is 0 Å². The summed E-state index contributed by atoms with van der Waals surface area (Å²) in [6.45, 7) is 6.76. The Bertz CT molecular complexity index is 1200. The molecule has 1 saturated heterocycles. The number of hydrogen-bond acceptors (Lipinski definition) is 7. The van der Waals surface area contributed by atoms with Crippen LogP contribution in [-0.2, 0) is 4.79 Å². The minimum absolute atomic E-state index is 0.00311. The van der Waals surface area contributed by atoms with E-state index in [1.807, 2.05) is 28.0 Å². The average molecular weight is 462 g/mol. The van der Waals surface area contributed by atoms with E-state index < -0.39 is 0 Å². The molecule has 0 bridgehead atoms. The Labute approximate surface area is 200 Å². The number of rotatable bonds is 6. The normalized spacial score (nSPS) is 14.3. The molecule has 4 rings (SSSR count). The molecule has 2 N–H and O–H groups in total. The van der Waals surface area contributed by atoms with Crippen molar-refractivity contribution in [3.8, 4) is 11.5 Å². The Balaban J connectivity index is 1.42. The molecule has 1 amide bonds. The quantitative estimate of drug-likeness (QED) is 0.559. The van der Waals surface area contributed by atoms with Gasteiger partial charge in [0.1, 0.15) is 5.82 Å². The van der Waals surface area contributed by atoms with E-state index in [2.05, 4.69) is 31.0 Å². The summed E-state index contributed by atoms with van der Waals surface area (Å²) in [6, 6.07) is 11.9. The molecule has 3 aromatic rings. The number of benzene rings is 2. The molecule has 1 aliphatic heterocycles. The van der Waals surface area contributed by atoms with Gasteiger partial charge >= 0.3 is 0 Å². The van der Waals surface area contributed by atoms with Crippen LogP contribution < -0.4 is 20.1 Å². The van der Waals surface area contributed by atoms with Gasteiger partial charge in [-0.25, -0.2) is 4.98 Å². The van der Waals surface area contributed by atoms with Crippen molar-refractivity contribution in [2.45, 2.75) is 19.8 Å². The van der Waals surface area contributed by atoms with E-state index in [1.54, 1.807) is 32.4 Å². The molecule has 178 valence electrons. The van der Waals surface area contributed by atoms with Crippen LogP contribution in [0.3, 0.4) is 0 Å². The van der Waals surface area contributed by atoms with Crippen LogP contribution in [0.15, 0.2) is 42.5 Å². The third kappa shape index (κ3) is 4.90. The molecule has 1 aliphatic rings. The number of piperazine rings is 1. The first-order valence-electron chi connectivity index (χ1n) is 11.4. The average Bonchev–Trinajstić information content (AvgIpc) is 2.86. The third-order valence-corrected chi connectivity index (χ3v) is 6.11. The fourth-order valence-corrected chi connectivity index (χ4v) is 4.00. The number of anilines is 2. The lowest BCUT2D eigenvalue weighted by Gasteiger charge is -2.34. The molecule has 0 spiro atoms. The highest BCUT2D eigenvalue weighted by molar-refractivity contribution is 5.93. The number of carbonyl (C=O) groups is 1. The smallest absolute Gasteiger partial charge is 0.246 e. The van der Waals surface area contributed by atoms with Gasteiger partial charge in [0.2, 0.25) is 11.9 Å². The molecule has 8 heteroatoms. The van der Waals surface area contributed by atoms with E-state index >= 15 is 0 Å². The van der Waals surface area contributed by atoms with Crippen molar-refractivity contribution in [3.05, 3.63) is 53.6 Å². The van der Waals surface area contributed by atoms with Crippen LogP contribution >= 0.6 is 0 Å². The van der Waals surface area contributed by atoms with E-state index in [9.17, 15) is 4.79 Å². The molecule has 0 unspecified atom stereocenters. The molecule has 2 aromatic carbocycles. The highest BCUT2D eigenvalue weighted by atomic mass is 16.5. The Morgan fingerprint density at radius 2 is 1.65 bits per heavy atom. The lowest BCUT2D eigenvalue weighted by atomic mass is 10.0. The third-order valence-electron chi connectivity index (χ3n) is 6.11. The maximum Gasteiger partial charge on any atom is 0.246 e. The summed E-state index contributed by atoms with van der Waals surface area (Å²) in [4.78, 5) is 25.8. The lowest BCUT2D eigenvalue weighted by Crippen LogP contribution is -2.48. The van der Waals surface area contributed by atoms with Crippen LogP contribution in [0.5, 0.6) is 11.5 Å². The summed E-state index contributed by atoms with van der Waals surface area (Å²) in [5.74, 6) is 2.58. The van der Waals surface area contributed by atoms with Gasteiger partial charge < -0.3 is 25.0 Å². The molecule has 8 nitrogen and oxygen atoms in total. The Morgan fingerprint density at radius 1 is 1.00 bits per heavy atom. The van der Waals surface area contributed by atoms with Gasteiger partial charge in [-0.3, -0.25) is 4.79 Å². The van der Waals surface area contributed by atoms with Crippen molar-refractivity contribution in [2.24, 2.45) is 0 Å². The Morgan fingerprint density at radius 3 is 2.26 bits per heavy atom. The molecule has 1 fully saturated rings. The van der Waals surface area contributed by atoms with Crippen molar-refractivity contribution in [1.29, 1.82) is 0 Å². The van der Waals surface area contributed by atoms with E-state index in [0.29, 0.717) is 66.3 Å². The second-order valence-electron chi connectivity index (χ2n) is 8.60. The van der Waals surface area contributed by atoms with Crippen molar-refractivity contribution >= 4 is 34.7 Å². The first-order valence-corrected chi connectivity index (χ1v) is 11.4. The molecule has 0 aliphatic carbocycles. The van der Waals surface area contributed by atoms with Gasteiger partial charge in [-0.05, 0) is 29.2 Å². The number of ether oxygens (including phenoxy) is 2. The van der Waals surface area contributed by atoms with Gasteiger partial charge in [0.15, 0.2) is 11.5 Å². The van der Waals surface area contributed by atoms with Crippen molar-refractivity contribution in [3.63, 3.8) is 0 Å². The van der Waals surface area contributed by atoms with Crippen LogP contribution in [0.1, 0.15) is 30.9 Å². The summed E-state index contributed by atoms with van der Waals surface area (Å²) < 4.78 is 10.7. The van der Waals surface area contributed by atoms with E-state index in [0.717, 1.165) is 5.56 Å². The zero-order valence-corrected chi connectivity index (χ0v) is 20.1. The zero-order valence-electron chi connectivity index (χ0n) is 20.1. The number of methoxy groups -OCH3 is 2.